The fraction of sp³-hybridized carbons (Fsp3) is 0.0833. The summed E-state index contributed by atoms with van der Waals surface area (Å²) in [4.78, 5) is 44.7. The van der Waals surface area contributed by atoms with Crippen molar-refractivity contribution in [2.75, 3.05) is 12.4 Å². The predicted molar refractivity (Wildman–Crippen MR) is 125 cm³/mol. The molecule has 0 spiro atoms. The van der Waals surface area contributed by atoms with Gasteiger partial charge in [0.2, 0.25) is 0 Å². The van der Waals surface area contributed by atoms with Crippen LogP contribution in [0.1, 0.15) is 31.8 Å². The van der Waals surface area contributed by atoms with Gasteiger partial charge >= 0.3 is 12.1 Å². The quantitative estimate of drug-likeness (QED) is 0.371. The van der Waals surface area contributed by atoms with Gasteiger partial charge in [0.1, 0.15) is 0 Å². The topological polar surface area (TPSA) is 113 Å². The van der Waals surface area contributed by atoms with Crippen LogP contribution in [-0.2, 0) is 0 Å². The van der Waals surface area contributed by atoms with Crippen LogP contribution < -0.4 is 15.4 Å². The van der Waals surface area contributed by atoms with Crippen molar-refractivity contribution in [3.8, 4) is 6.01 Å². The lowest BCUT2D eigenvalue weighted by atomic mass is 9.97. The molecule has 4 rings (SSSR count). The number of ketones is 1. The Morgan fingerprint density at radius 2 is 1.76 bits per heavy atom. The lowest BCUT2D eigenvalue weighted by Crippen LogP contribution is -2.22. The molecule has 2 amide bonds. The molecule has 0 fully saturated rings. The molecule has 8 nitrogen and oxygen atoms in total. The van der Waals surface area contributed by atoms with Crippen LogP contribution >= 0.6 is 11.6 Å². The van der Waals surface area contributed by atoms with Crippen LogP contribution in [0, 0.1) is 6.92 Å². The Morgan fingerprint density at radius 3 is 2.52 bits per heavy atom. The number of fused-ring (bicyclic) bond motifs is 1. The lowest BCUT2D eigenvalue weighted by Gasteiger charge is -2.12. The molecule has 0 bridgehead atoms. The number of carbonyl (C=O) groups is 3. The van der Waals surface area contributed by atoms with Crippen LogP contribution in [0.3, 0.4) is 0 Å². The molecule has 3 aromatic carbocycles. The van der Waals surface area contributed by atoms with E-state index in [0.717, 1.165) is 5.56 Å². The molecule has 0 unspecified atom stereocenters. The molecule has 166 valence electrons. The van der Waals surface area contributed by atoms with Crippen molar-refractivity contribution < 1.29 is 19.1 Å². The Hall–Kier alpha value is -4.17. The number of ether oxygens (including phenoxy) is 1. The van der Waals surface area contributed by atoms with Crippen LogP contribution in [-0.4, -0.2) is 34.8 Å². The SMILES string of the molecule is CNC(=O)Oc1nc2ccc(C(=O)c3ccccc3C(=O)Nc3cc(Cl)ccc3C)cc2[nH]1. The first kappa shape index (κ1) is 22.0. The smallest absolute Gasteiger partial charge is 0.375 e. The van der Waals surface area contributed by atoms with E-state index >= 15 is 0 Å². The van der Waals surface area contributed by atoms with Crippen LogP contribution in [0.2, 0.25) is 5.02 Å². The van der Waals surface area contributed by atoms with Gasteiger partial charge in [-0.25, -0.2) is 4.79 Å². The number of aromatic nitrogens is 2. The summed E-state index contributed by atoms with van der Waals surface area (Å²) in [5, 5.41) is 5.65. The first-order valence-electron chi connectivity index (χ1n) is 9.96. The van der Waals surface area contributed by atoms with Crippen LogP contribution in [0.15, 0.2) is 60.7 Å². The number of H-pyrrole nitrogens is 1. The Kier molecular flexibility index (Phi) is 6.10. The first-order valence-corrected chi connectivity index (χ1v) is 10.3. The van der Waals surface area contributed by atoms with Crippen LogP contribution in [0.4, 0.5) is 10.5 Å². The van der Waals surface area contributed by atoms with E-state index in [1.807, 2.05) is 6.92 Å². The molecule has 0 atom stereocenters. The summed E-state index contributed by atoms with van der Waals surface area (Å²) in [6, 6.07) is 16.6. The van der Waals surface area contributed by atoms with Gasteiger partial charge in [0.25, 0.3) is 5.91 Å². The van der Waals surface area contributed by atoms with Crippen molar-refractivity contribution in [3.05, 3.63) is 87.9 Å². The molecule has 9 heteroatoms. The van der Waals surface area contributed by atoms with Gasteiger partial charge in [0.15, 0.2) is 5.78 Å². The molecule has 3 N–H and O–H groups in total. The summed E-state index contributed by atoms with van der Waals surface area (Å²) < 4.78 is 4.99. The molecule has 0 aliphatic heterocycles. The number of carbonyl (C=O) groups excluding carboxylic acids is 3. The van der Waals surface area contributed by atoms with E-state index in [2.05, 4.69) is 20.6 Å². The second kappa shape index (κ2) is 9.13. The van der Waals surface area contributed by atoms with Crippen molar-refractivity contribution in [1.82, 2.24) is 15.3 Å². The van der Waals surface area contributed by atoms with E-state index in [9.17, 15) is 14.4 Å². The van der Waals surface area contributed by atoms with Crippen molar-refractivity contribution in [1.29, 1.82) is 0 Å². The molecule has 0 aliphatic carbocycles. The maximum Gasteiger partial charge on any atom is 0.414 e. The number of nitrogens with one attached hydrogen (secondary N) is 3. The van der Waals surface area contributed by atoms with E-state index in [1.165, 1.54) is 7.05 Å². The number of aryl methyl sites for hydroxylation is 1. The number of hydrogen-bond donors (Lipinski definition) is 3. The monoisotopic (exact) mass is 462 g/mol. The number of imidazole rings is 1. The fourth-order valence-electron chi connectivity index (χ4n) is 3.27. The van der Waals surface area contributed by atoms with Crippen LogP contribution in [0.25, 0.3) is 11.0 Å². The number of hydrogen-bond acceptors (Lipinski definition) is 5. The van der Waals surface area contributed by atoms with Crippen molar-refractivity contribution >= 4 is 46.1 Å². The zero-order chi connectivity index (χ0) is 23.5. The van der Waals surface area contributed by atoms with Crippen molar-refractivity contribution in [2.24, 2.45) is 0 Å². The Labute approximate surface area is 193 Å². The van der Waals surface area contributed by atoms with Gasteiger partial charge in [-0.15, -0.1) is 0 Å². The minimum Gasteiger partial charge on any atom is -0.375 e. The van der Waals surface area contributed by atoms with Gasteiger partial charge in [0.05, 0.1) is 16.6 Å². The summed E-state index contributed by atoms with van der Waals surface area (Å²) in [6.07, 6.45) is -0.666. The van der Waals surface area contributed by atoms with Gasteiger partial charge < -0.3 is 20.4 Å². The minimum absolute atomic E-state index is 0.00520. The van der Waals surface area contributed by atoms with Gasteiger partial charge in [-0.1, -0.05) is 35.9 Å². The fourth-order valence-corrected chi connectivity index (χ4v) is 3.44. The number of rotatable bonds is 5. The van der Waals surface area contributed by atoms with Crippen LogP contribution in [0.5, 0.6) is 6.01 Å². The molecule has 1 heterocycles. The van der Waals surface area contributed by atoms with Crippen molar-refractivity contribution in [3.63, 3.8) is 0 Å². The van der Waals surface area contributed by atoms with Gasteiger partial charge in [0, 0.05) is 28.9 Å². The third kappa shape index (κ3) is 4.70. The number of nitrogens with zero attached hydrogens (tertiary/aromatic N) is 1. The second-order valence-corrected chi connectivity index (χ2v) is 7.64. The van der Waals surface area contributed by atoms with Gasteiger partial charge in [-0.3, -0.25) is 9.59 Å². The highest BCUT2D eigenvalue weighted by molar-refractivity contribution is 6.31. The molecule has 1 aromatic heterocycles. The Morgan fingerprint density at radius 1 is 1.00 bits per heavy atom. The highest BCUT2D eigenvalue weighted by atomic mass is 35.5. The summed E-state index contributed by atoms with van der Waals surface area (Å²) in [5.74, 6) is -0.762. The minimum atomic E-state index is -0.666. The van der Waals surface area contributed by atoms with Crippen molar-refractivity contribution in [2.45, 2.75) is 6.92 Å². The normalized spacial score (nSPS) is 10.6. The molecule has 0 saturated carbocycles. The van der Waals surface area contributed by atoms with E-state index in [4.69, 9.17) is 16.3 Å². The lowest BCUT2D eigenvalue weighted by molar-refractivity contribution is 0.0996. The molecule has 4 aromatic rings. The highest BCUT2D eigenvalue weighted by Gasteiger charge is 2.20. The third-order valence-electron chi connectivity index (χ3n) is 4.98. The largest absolute Gasteiger partial charge is 0.414 e. The molecular weight excluding hydrogens is 444 g/mol. The number of aromatic amines is 1. The average Bonchev–Trinajstić information content (AvgIpc) is 3.22. The molecule has 0 aliphatic rings. The Balaban J connectivity index is 1.64. The zero-order valence-corrected chi connectivity index (χ0v) is 18.5. The third-order valence-corrected chi connectivity index (χ3v) is 5.22. The number of anilines is 1. The molecule has 33 heavy (non-hydrogen) atoms. The van der Waals surface area contributed by atoms with Gasteiger partial charge in [-0.05, 0) is 48.9 Å². The molecule has 0 radical (unpaired) electrons. The maximum atomic E-state index is 13.3. The predicted octanol–water partition coefficient (Wildman–Crippen LogP) is 4.73. The van der Waals surface area contributed by atoms with Gasteiger partial charge in [-0.2, -0.15) is 4.98 Å². The number of amides is 2. The summed E-state index contributed by atoms with van der Waals surface area (Å²) >= 11 is 6.05. The van der Waals surface area contributed by atoms with E-state index in [0.29, 0.717) is 27.3 Å². The number of benzene rings is 3. The molecule has 0 saturated heterocycles. The molecular formula is C24H19ClN4O4. The van der Waals surface area contributed by atoms with E-state index in [1.54, 1.807) is 60.7 Å². The average molecular weight is 463 g/mol. The maximum absolute atomic E-state index is 13.3. The second-order valence-electron chi connectivity index (χ2n) is 7.20. The first-order chi connectivity index (χ1) is 15.9. The highest BCUT2D eigenvalue weighted by Crippen LogP contribution is 2.24. The van der Waals surface area contributed by atoms with E-state index in [-0.39, 0.29) is 22.9 Å². The Bertz CT molecular complexity index is 1400. The standard InChI is InChI=1S/C24H19ClN4O4/c1-13-7-9-15(25)12-19(13)27-22(31)17-6-4-3-5-16(17)21(30)14-8-10-18-20(11-14)29-23(28-18)33-24(32)26-2/h3-12H,1-2H3,(H,26,32)(H,27,31)(H,28,29). The summed E-state index contributed by atoms with van der Waals surface area (Å²) in [5.41, 5.74) is 3.26. The summed E-state index contributed by atoms with van der Waals surface area (Å²) in [7, 11) is 1.43. The summed E-state index contributed by atoms with van der Waals surface area (Å²) in [6.45, 7) is 1.85. The number of halogens is 1. The zero-order valence-electron chi connectivity index (χ0n) is 17.7. The van der Waals surface area contributed by atoms with E-state index < -0.39 is 12.0 Å².